The van der Waals surface area contributed by atoms with Gasteiger partial charge in [-0.25, -0.2) is 9.59 Å². The van der Waals surface area contributed by atoms with Crippen LogP contribution in [0.3, 0.4) is 0 Å². The van der Waals surface area contributed by atoms with E-state index in [0.29, 0.717) is 18.1 Å². The van der Waals surface area contributed by atoms with Crippen LogP contribution in [0.5, 0.6) is 0 Å². The number of hydrogen-bond donors (Lipinski definition) is 0. The van der Waals surface area contributed by atoms with Gasteiger partial charge in [-0.2, -0.15) is 0 Å². The molecule has 2 aliphatic rings. The molecule has 0 amide bonds. The van der Waals surface area contributed by atoms with E-state index in [9.17, 15) is 9.59 Å². The summed E-state index contributed by atoms with van der Waals surface area (Å²) in [4.78, 5) is 23.2. The van der Waals surface area contributed by atoms with Gasteiger partial charge in [0.15, 0.2) is 0 Å². The van der Waals surface area contributed by atoms with Crippen molar-refractivity contribution in [1.82, 2.24) is 0 Å². The van der Waals surface area contributed by atoms with E-state index in [2.05, 4.69) is 6.92 Å². The predicted molar refractivity (Wildman–Crippen MR) is 56.6 cm³/mol. The highest BCUT2D eigenvalue weighted by Gasteiger charge is 2.41. The molecule has 0 bridgehead atoms. The van der Waals surface area contributed by atoms with Crippen molar-refractivity contribution in [3.63, 3.8) is 0 Å². The summed E-state index contributed by atoms with van der Waals surface area (Å²) < 4.78 is 9.99. The first-order chi connectivity index (χ1) is 7.63. The van der Waals surface area contributed by atoms with Crippen LogP contribution in [0.25, 0.3) is 0 Å². The highest BCUT2D eigenvalue weighted by atomic mass is 16.6. The van der Waals surface area contributed by atoms with E-state index < -0.39 is 12.1 Å². The first-order valence-electron chi connectivity index (χ1n) is 5.73. The quantitative estimate of drug-likeness (QED) is 0.668. The Morgan fingerprint density at radius 3 is 3.00 bits per heavy atom. The summed E-state index contributed by atoms with van der Waals surface area (Å²) in [6.45, 7) is 4.17. The average molecular weight is 224 g/mol. The van der Waals surface area contributed by atoms with E-state index in [1.165, 1.54) is 0 Å². The monoisotopic (exact) mass is 224 g/mol. The summed E-state index contributed by atoms with van der Waals surface area (Å²) in [5, 5.41) is 0. The fourth-order valence-electron chi connectivity index (χ4n) is 2.31. The molecular formula is C12H16O4. The lowest BCUT2D eigenvalue weighted by atomic mass is 9.84. The molecule has 4 heteroatoms. The van der Waals surface area contributed by atoms with Crippen molar-refractivity contribution >= 4 is 11.9 Å². The molecule has 0 aromatic heterocycles. The molecular weight excluding hydrogens is 208 g/mol. The summed E-state index contributed by atoms with van der Waals surface area (Å²) in [6.07, 6.45) is 1.71. The van der Waals surface area contributed by atoms with Crippen LogP contribution in [0.1, 0.15) is 33.1 Å². The van der Waals surface area contributed by atoms with Crippen LogP contribution in [0.15, 0.2) is 11.1 Å². The molecule has 16 heavy (non-hydrogen) atoms. The molecule has 2 unspecified atom stereocenters. The molecule has 4 nitrogen and oxygen atoms in total. The first-order valence-corrected chi connectivity index (χ1v) is 5.73. The Labute approximate surface area is 94.6 Å². The zero-order valence-electron chi connectivity index (χ0n) is 9.62. The van der Waals surface area contributed by atoms with Gasteiger partial charge in [0.2, 0.25) is 6.10 Å². The third-order valence-corrected chi connectivity index (χ3v) is 3.13. The van der Waals surface area contributed by atoms with Gasteiger partial charge in [-0.05, 0) is 37.7 Å². The Balaban J connectivity index is 2.20. The zero-order valence-corrected chi connectivity index (χ0v) is 9.62. The van der Waals surface area contributed by atoms with Gasteiger partial charge < -0.3 is 9.47 Å². The molecule has 0 saturated heterocycles. The number of carbonyl (C=O) groups excluding carboxylic acids is 2. The van der Waals surface area contributed by atoms with Crippen molar-refractivity contribution in [2.75, 3.05) is 6.61 Å². The maximum atomic E-state index is 11.6. The Bertz CT molecular complexity index is 356. The average Bonchev–Trinajstić information content (AvgIpc) is 2.56. The van der Waals surface area contributed by atoms with Crippen molar-refractivity contribution in [3.05, 3.63) is 11.1 Å². The van der Waals surface area contributed by atoms with Crippen LogP contribution >= 0.6 is 0 Å². The van der Waals surface area contributed by atoms with E-state index in [-0.39, 0.29) is 5.97 Å². The number of carbonyl (C=O) groups is 2. The van der Waals surface area contributed by atoms with Crippen molar-refractivity contribution < 1.29 is 19.1 Å². The highest BCUT2D eigenvalue weighted by Crippen LogP contribution is 2.37. The van der Waals surface area contributed by atoms with E-state index >= 15 is 0 Å². The summed E-state index contributed by atoms with van der Waals surface area (Å²) in [7, 11) is 0. The molecule has 0 spiro atoms. The van der Waals surface area contributed by atoms with Gasteiger partial charge in [0.1, 0.15) is 0 Å². The molecule has 0 radical (unpaired) electrons. The van der Waals surface area contributed by atoms with E-state index in [4.69, 9.17) is 9.47 Å². The SMILES string of the molecule is CCOC(=O)C1OC(=O)C2=C1CC(C)CC2. The van der Waals surface area contributed by atoms with E-state index in [1.54, 1.807) is 6.92 Å². The molecule has 1 aliphatic carbocycles. The maximum Gasteiger partial charge on any atom is 0.351 e. The topological polar surface area (TPSA) is 52.6 Å². The van der Waals surface area contributed by atoms with Gasteiger partial charge in [0.25, 0.3) is 0 Å². The third kappa shape index (κ3) is 1.84. The summed E-state index contributed by atoms with van der Waals surface area (Å²) in [5.41, 5.74) is 1.55. The number of rotatable bonds is 2. The van der Waals surface area contributed by atoms with Gasteiger partial charge in [-0.1, -0.05) is 6.92 Å². The van der Waals surface area contributed by atoms with Crippen molar-refractivity contribution in [1.29, 1.82) is 0 Å². The molecule has 0 aromatic rings. The van der Waals surface area contributed by atoms with Crippen LogP contribution in [0.2, 0.25) is 0 Å². The van der Waals surface area contributed by atoms with E-state index in [0.717, 1.165) is 24.8 Å². The number of cyclic esters (lactones) is 1. The van der Waals surface area contributed by atoms with Gasteiger partial charge >= 0.3 is 11.9 Å². The lowest BCUT2D eigenvalue weighted by Gasteiger charge is -2.20. The van der Waals surface area contributed by atoms with E-state index in [1.807, 2.05) is 0 Å². The molecule has 0 N–H and O–H groups in total. The fraction of sp³-hybridized carbons (Fsp3) is 0.667. The summed E-state index contributed by atoms with van der Waals surface area (Å²) in [6, 6.07) is 0. The Morgan fingerprint density at radius 1 is 1.56 bits per heavy atom. The second-order valence-electron chi connectivity index (χ2n) is 4.39. The molecule has 2 rings (SSSR count). The number of ether oxygens (including phenoxy) is 2. The van der Waals surface area contributed by atoms with Gasteiger partial charge in [0.05, 0.1) is 6.61 Å². The normalized spacial score (nSPS) is 28.8. The second kappa shape index (κ2) is 4.28. The first kappa shape index (κ1) is 11.2. The van der Waals surface area contributed by atoms with Gasteiger partial charge in [-0.15, -0.1) is 0 Å². The minimum absolute atomic E-state index is 0.311. The highest BCUT2D eigenvalue weighted by molar-refractivity contribution is 5.97. The molecule has 1 aliphatic heterocycles. The second-order valence-corrected chi connectivity index (χ2v) is 4.39. The minimum atomic E-state index is -0.773. The summed E-state index contributed by atoms with van der Waals surface area (Å²) in [5.74, 6) is -0.264. The smallest absolute Gasteiger partial charge is 0.351 e. The van der Waals surface area contributed by atoms with Crippen molar-refractivity contribution in [3.8, 4) is 0 Å². The molecule has 0 aromatic carbocycles. The Morgan fingerprint density at radius 2 is 2.31 bits per heavy atom. The van der Waals surface area contributed by atoms with Crippen LogP contribution in [-0.4, -0.2) is 24.6 Å². The number of esters is 2. The van der Waals surface area contributed by atoms with Crippen LogP contribution in [0.4, 0.5) is 0 Å². The Hall–Kier alpha value is -1.32. The number of hydrogen-bond acceptors (Lipinski definition) is 4. The predicted octanol–water partition coefficient (Wildman–Crippen LogP) is 1.59. The lowest BCUT2D eigenvalue weighted by molar-refractivity contribution is -0.160. The lowest BCUT2D eigenvalue weighted by Crippen LogP contribution is -2.27. The van der Waals surface area contributed by atoms with Crippen LogP contribution in [-0.2, 0) is 19.1 Å². The van der Waals surface area contributed by atoms with Crippen molar-refractivity contribution in [2.24, 2.45) is 5.92 Å². The molecule has 0 saturated carbocycles. The standard InChI is InChI=1S/C12H16O4/c1-3-15-12(14)10-9-6-7(2)4-5-8(9)11(13)16-10/h7,10H,3-6H2,1-2H3. The van der Waals surface area contributed by atoms with Gasteiger partial charge in [-0.3, -0.25) is 0 Å². The molecule has 88 valence electrons. The third-order valence-electron chi connectivity index (χ3n) is 3.13. The molecule has 0 fully saturated rings. The van der Waals surface area contributed by atoms with Crippen LogP contribution in [0, 0.1) is 5.92 Å². The van der Waals surface area contributed by atoms with Gasteiger partial charge in [0, 0.05) is 5.57 Å². The zero-order chi connectivity index (χ0) is 11.7. The fourth-order valence-corrected chi connectivity index (χ4v) is 2.31. The Kier molecular flexibility index (Phi) is 2.99. The molecule has 1 heterocycles. The van der Waals surface area contributed by atoms with Crippen LogP contribution < -0.4 is 0 Å². The summed E-state index contributed by atoms with van der Waals surface area (Å²) >= 11 is 0. The largest absolute Gasteiger partial charge is 0.463 e. The molecule has 2 atom stereocenters. The minimum Gasteiger partial charge on any atom is -0.463 e. The maximum absolute atomic E-state index is 11.6. The van der Waals surface area contributed by atoms with Crippen molar-refractivity contribution in [2.45, 2.75) is 39.2 Å².